The number of hydrogen-bond donors (Lipinski definition) is 0. The molecule has 0 aromatic carbocycles. The highest BCUT2D eigenvalue weighted by Crippen LogP contribution is 2.20. The summed E-state index contributed by atoms with van der Waals surface area (Å²) in [5.74, 6) is 0. The van der Waals surface area contributed by atoms with Gasteiger partial charge in [0.2, 0.25) is 0 Å². The monoisotopic (exact) mass is 307 g/mol. The van der Waals surface area contributed by atoms with Crippen LogP contribution in [0.2, 0.25) is 0 Å². The lowest BCUT2D eigenvalue weighted by Gasteiger charge is -2.31. The minimum absolute atomic E-state index is 0.659. The lowest BCUT2D eigenvalue weighted by molar-refractivity contribution is 0.184. The summed E-state index contributed by atoms with van der Waals surface area (Å²) in [7, 11) is 2.23. The molecule has 0 bridgehead atoms. The van der Waals surface area contributed by atoms with E-state index in [1.165, 1.54) is 31.5 Å². The minimum Gasteiger partial charge on any atom is -0.307 e. The molecule has 1 saturated heterocycles. The topological polar surface area (TPSA) is 20.5 Å². The van der Waals surface area contributed by atoms with Gasteiger partial charge in [0.15, 0.2) is 0 Å². The van der Waals surface area contributed by atoms with Crippen molar-refractivity contribution in [1.29, 1.82) is 0 Å². The van der Waals surface area contributed by atoms with Crippen molar-refractivity contribution < 1.29 is 0 Å². The van der Waals surface area contributed by atoms with E-state index in [1.54, 1.807) is 0 Å². The maximum Gasteiger partial charge on any atom is 0.138 e. The van der Waals surface area contributed by atoms with Crippen LogP contribution in [0.25, 0.3) is 5.65 Å². The Morgan fingerprint density at radius 3 is 3.17 bits per heavy atom. The highest BCUT2D eigenvalue weighted by molar-refractivity contribution is 9.10. The van der Waals surface area contributed by atoms with Gasteiger partial charge in [-0.15, -0.1) is 0 Å². The van der Waals surface area contributed by atoms with E-state index in [-0.39, 0.29) is 0 Å². The molecule has 3 nitrogen and oxygen atoms in total. The highest BCUT2D eigenvalue weighted by atomic mass is 79.9. The van der Waals surface area contributed by atoms with Crippen LogP contribution < -0.4 is 0 Å². The molecule has 1 atom stereocenters. The van der Waals surface area contributed by atoms with Crippen LogP contribution in [0.15, 0.2) is 29.0 Å². The molecule has 18 heavy (non-hydrogen) atoms. The van der Waals surface area contributed by atoms with Gasteiger partial charge in [-0.1, -0.05) is 22.4 Å². The zero-order valence-electron chi connectivity index (χ0n) is 10.6. The molecule has 2 aromatic rings. The van der Waals surface area contributed by atoms with Crippen molar-refractivity contribution in [1.82, 2.24) is 14.3 Å². The van der Waals surface area contributed by atoms with Crippen molar-refractivity contribution in [3.8, 4) is 0 Å². The van der Waals surface area contributed by atoms with E-state index >= 15 is 0 Å². The van der Waals surface area contributed by atoms with Gasteiger partial charge in [-0.2, -0.15) is 0 Å². The summed E-state index contributed by atoms with van der Waals surface area (Å²) in [5.41, 5.74) is 2.23. The van der Waals surface area contributed by atoms with Crippen molar-refractivity contribution in [3.05, 3.63) is 34.7 Å². The molecule has 0 spiro atoms. The number of likely N-dealkylation sites (N-methyl/N-ethyl adjacent to an activating group) is 1. The number of fused-ring (bicyclic) bond motifs is 1. The van der Waals surface area contributed by atoms with Gasteiger partial charge in [0.05, 0.1) is 5.69 Å². The average molecular weight is 308 g/mol. The quantitative estimate of drug-likeness (QED) is 0.850. The fraction of sp³-hybridized carbons (Fsp3) is 0.500. The molecule has 1 unspecified atom stereocenters. The van der Waals surface area contributed by atoms with Crippen molar-refractivity contribution in [2.24, 2.45) is 0 Å². The number of pyridine rings is 1. The van der Waals surface area contributed by atoms with Crippen LogP contribution in [0.5, 0.6) is 0 Å². The predicted octanol–water partition coefficient (Wildman–Crippen LogP) is 3.12. The Bertz CT molecular complexity index is 549. The maximum atomic E-state index is 4.71. The number of halogens is 1. The molecule has 1 aliphatic rings. The average Bonchev–Trinajstić information content (AvgIpc) is 2.73. The van der Waals surface area contributed by atoms with E-state index in [0.717, 1.165) is 16.5 Å². The number of imidazole rings is 1. The molecule has 1 fully saturated rings. The first-order chi connectivity index (χ1) is 8.72. The van der Waals surface area contributed by atoms with Crippen molar-refractivity contribution in [3.63, 3.8) is 0 Å². The summed E-state index contributed by atoms with van der Waals surface area (Å²) < 4.78 is 3.19. The van der Waals surface area contributed by atoms with Gasteiger partial charge in [0.25, 0.3) is 0 Å². The third kappa shape index (κ3) is 2.45. The van der Waals surface area contributed by atoms with Crippen LogP contribution in [0.3, 0.4) is 0 Å². The second-order valence-electron chi connectivity index (χ2n) is 5.18. The van der Waals surface area contributed by atoms with Gasteiger partial charge < -0.3 is 9.30 Å². The SMILES string of the molecule is CN1CCCCC1Cc1cn2ccc(Br)cc2n1. The molecular weight excluding hydrogens is 290 g/mol. The molecular formula is C14H18BrN3. The Morgan fingerprint density at radius 2 is 2.33 bits per heavy atom. The van der Waals surface area contributed by atoms with E-state index in [2.05, 4.69) is 50.7 Å². The van der Waals surface area contributed by atoms with Crippen LogP contribution in [0.4, 0.5) is 0 Å². The molecule has 0 aliphatic carbocycles. The Morgan fingerprint density at radius 1 is 1.44 bits per heavy atom. The fourth-order valence-corrected chi connectivity index (χ4v) is 3.07. The summed E-state index contributed by atoms with van der Waals surface area (Å²) in [6.45, 7) is 1.23. The second kappa shape index (κ2) is 5.02. The molecule has 0 amide bonds. The van der Waals surface area contributed by atoms with Crippen molar-refractivity contribution >= 4 is 21.6 Å². The number of nitrogens with zero attached hydrogens (tertiary/aromatic N) is 3. The predicted molar refractivity (Wildman–Crippen MR) is 76.9 cm³/mol. The summed E-state index contributed by atoms with van der Waals surface area (Å²) >= 11 is 3.49. The summed E-state index contributed by atoms with van der Waals surface area (Å²) in [6.07, 6.45) is 9.27. The molecule has 1 aliphatic heterocycles. The van der Waals surface area contributed by atoms with Crippen molar-refractivity contribution in [2.75, 3.05) is 13.6 Å². The van der Waals surface area contributed by atoms with Crippen molar-refractivity contribution in [2.45, 2.75) is 31.7 Å². The zero-order valence-corrected chi connectivity index (χ0v) is 12.2. The van der Waals surface area contributed by atoms with Gasteiger partial charge in [-0.05, 0) is 38.6 Å². The number of aromatic nitrogens is 2. The molecule has 2 aromatic heterocycles. The normalized spacial score (nSPS) is 21.6. The highest BCUT2D eigenvalue weighted by Gasteiger charge is 2.20. The second-order valence-corrected chi connectivity index (χ2v) is 6.09. The zero-order chi connectivity index (χ0) is 12.5. The van der Waals surface area contributed by atoms with Gasteiger partial charge in [0.1, 0.15) is 5.65 Å². The third-order valence-electron chi connectivity index (χ3n) is 3.84. The number of rotatable bonds is 2. The van der Waals surface area contributed by atoms with Gasteiger partial charge in [-0.3, -0.25) is 0 Å². The Kier molecular flexibility index (Phi) is 3.39. The summed E-state index contributed by atoms with van der Waals surface area (Å²) in [6, 6.07) is 4.77. The summed E-state index contributed by atoms with van der Waals surface area (Å²) in [5, 5.41) is 0. The largest absolute Gasteiger partial charge is 0.307 e. The van der Waals surface area contributed by atoms with Gasteiger partial charge >= 0.3 is 0 Å². The first-order valence-corrected chi connectivity index (χ1v) is 7.35. The van der Waals surface area contributed by atoms with E-state index < -0.39 is 0 Å². The van der Waals surface area contributed by atoms with Gasteiger partial charge in [-0.25, -0.2) is 4.98 Å². The molecule has 0 N–H and O–H groups in total. The molecule has 0 saturated carbocycles. The van der Waals surface area contributed by atoms with Crippen LogP contribution in [0.1, 0.15) is 25.0 Å². The fourth-order valence-electron chi connectivity index (χ4n) is 2.75. The van der Waals surface area contributed by atoms with Crippen LogP contribution in [-0.2, 0) is 6.42 Å². The van der Waals surface area contributed by atoms with E-state index in [4.69, 9.17) is 4.98 Å². The molecule has 3 rings (SSSR count). The molecule has 4 heteroatoms. The minimum atomic E-state index is 0.659. The van der Waals surface area contributed by atoms with Crippen LogP contribution >= 0.6 is 15.9 Å². The standard InChI is InChI=1S/C14H18BrN3/c1-17-6-3-2-4-13(17)9-12-10-18-7-5-11(15)8-14(18)16-12/h5,7-8,10,13H,2-4,6,9H2,1H3. The van der Waals surface area contributed by atoms with E-state index in [1.807, 2.05) is 6.07 Å². The van der Waals surface area contributed by atoms with Crippen LogP contribution in [0, 0.1) is 0 Å². The Balaban J connectivity index is 1.81. The maximum absolute atomic E-state index is 4.71. The van der Waals surface area contributed by atoms with E-state index in [0.29, 0.717) is 6.04 Å². The molecule has 96 valence electrons. The summed E-state index contributed by atoms with van der Waals surface area (Å²) in [4.78, 5) is 7.18. The number of likely N-dealkylation sites (tertiary alicyclic amines) is 1. The first kappa shape index (κ1) is 12.2. The number of hydrogen-bond acceptors (Lipinski definition) is 2. The molecule has 3 heterocycles. The lowest BCUT2D eigenvalue weighted by Crippen LogP contribution is -2.37. The van der Waals surface area contributed by atoms with Crippen LogP contribution in [-0.4, -0.2) is 33.9 Å². The lowest BCUT2D eigenvalue weighted by atomic mass is 9.99. The Hall–Kier alpha value is -0.870. The van der Waals surface area contributed by atoms with Gasteiger partial charge in [0, 0.05) is 29.3 Å². The molecule has 0 radical (unpaired) electrons. The third-order valence-corrected chi connectivity index (χ3v) is 4.33. The van der Waals surface area contributed by atoms with E-state index in [9.17, 15) is 0 Å². The smallest absolute Gasteiger partial charge is 0.138 e. The first-order valence-electron chi connectivity index (χ1n) is 6.56. The Labute approximate surface area is 116 Å². The number of piperidine rings is 1.